The number of rotatable bonds is 2. The fraction of sp³-hybridized carbons (Fsp3) is 0.571. The molecule has 1 saturated carbocycles. The van der Waals surface area contributed by atoms with Gasteiger partial charge in [-0.1, -0.05) is 30.9 Å². The maximum atomic E-state index is 12.7. The Labute approximate surface area is 147 Å². The van der Waals surface area contributed by atoms with Crippen LogP contribution in [0, 0.1) is 5.92 Å². The molecule has 1 aromatic carbocycles. The topological polar surface area (TPSA) is 118 Å². The summed E-state index contributed by atoms with van der Waals surface area (Å²) in [5, 5.41) is 8.20. The average molecular weight is 394 g/mol. The molecule has 24 heavy (non-hydrogen) atoms. The van der Waals surface area contributed by atoms with Crippen LogP contribution in [0.1, 0.15) is 39.0 Å². The van der Waals surface area contributed by atoms with Crippen molar-refractivity contribution in [1.82, 2.24) is 4.72 Å². The summed E-state index contributed by atoms with van der Waals surface area (Å²) < 4.78 is 51.2. The maximum Gasteiger partial charge on any atom is 0.244 e. The molecule has 4 N–H and O–H groups in total. The standard InChI is InChI=1S/C14H20ClN3O4S2/c1-14(9-5-3-2-4-6-9)17-11-7-10(15)12(23(16,19)20)8-13(11)24(21,22)18-14/h7-9,17-18H,2-6H2,1H3,(H2,16,19,20). The van der Waals surface area contributed by atoms with Gasteiger partial charge < -0.3 is 5.32 Å². The number of nitrogens with two attached hydrogens (primary N) is 1. The van der Waals surface area contributed by atoms with Crippen LogP contribution in [-0.2, 0) is 20.0 Å². The highest BCUT2D eigenvalue weighted by molar-refractivity contribution is 7.90. The Morgan fingerprint density at radius 3 is 2.46 bits per heavy atom. The number of primary sulfonamides is 1. The first-order valence-electron chi connectivity index (χ1n) is 7.71. The van der Waals surface area contributed by atoms with Gasteiger partial charge in [0.1, 0.15) is 15.5 Å². The average Bonchev–Trinajstić information content (AvgIpc) is 2.45. The number of fused-ring (bicyclic) bond motifs is 1. The van der Waals surface area contributed by atoms with E-state index >= 15 is 0 Å². The Balaban J connectivity index is 2.10. The lowest BCUT2D eigenvalue weighted by Crippen LogP contribution is -2.60. The molecule has 0 saturated heterocycles. The van der Waals surface area contributed by atoms with Gasteiger partial charge >= 0.3 is 0 Å². The molecule has 3 rings (SSSR count). The van der Waals surface area contributed by atoms with Gasteiger partial charge in [-0.05, 0) is 37.8 Å². The van der Waals surface area contributed by atoms with E-state index in [0.717, 1.165) is 38.2 Å². The molecule has 0 spiro atoms. The van der Waals surface area contributed by atoms with E-state index in [1.54, 1.807) is 0 Å². The van der Waals surface area contributed by atoms with Crippen molar-refractivity contribution in [2.75, 3.05) is 5.32 Å². The molecule has 1 fully saturated rings. The molecule has 1 atom stereocenters. The van der Waals surface area contributed by atoms with Crippen molar-refractivity contribution in [3.8, 4) is 0 Å². The number of nitrogens with one attached hydrogen (secondary N) is 2. The van der Waals surface area contributed by atoms with Crippen LogP contribution in [0.15, 0.2) is 21.9 Å². The highest BCUT2D eigenvalue weighted by atomic mass is 35.5. The number of halogens is 1. The lowest BCUT2D eigenvalue weighted by atomic mass is 9.81. The van der Waals surface area contributed by atoms with E-state index in [9.17, 15) is 16.8 Å². The van der Waals surface area contributed by atoms with Gasteiger partial charge in [0.25, 0.3) is 0 Å². The molecule has 0 aromatic heterocycles. The summed E-state index contributed by atoms with van der Waals surface area (Å²) in [5.41, 5.74) is -0.544. The van der Waals surface area contributed by atoms with E-state index in [-0.39, 0.29) is 15.8 Å². The van der Waals surface area contributed by atoms with Gasteiger partial charge in [-0.25, -0.2) is 22.0 Å². The Morgan fingerprint density at radius 2 is 1.88 bits per heavy atom. The van der Waals surface area contributed by atoms with Crippen LogP contribution in [-0.4, -0.2) is 22.5 Å². The largest absolute Gasteiger partial charge is 0.365 e. The zero-order valence-electron chi connectivity index (χ0n) is 13.2. The molecular weight excluding hydrogens is 374 g/mol. The first-order chi connectivity index (χ1) is 11.0. The van der Waals surface area contributed by atoms with Gasteiger partial charge in [0, 0.05) is 0 Å². The second kappa shape index (κ2) is 5.84. The highest BCUT2D eigenvalue weighted by Crippen LogP contribution is 2.41. The summed E-state index contributed by atoms with van der Waals surface area (Å²) in [7, 11) is -8.01. The Bertz CT molecular complexity index is 880. The molecule has 0 amide bonds. The molecule has 0 radical (unpaired) electrons. The molecule has 1 heterocycles. The Hall–Kier alpha value is -0.870. The van der Waals surface area contributed by atoms with Gasteiger partial charge in [-0.2, -0.15) is 4.72 Å². The second-order valence-electron chi connectivity index (χ2n) is 6.59. The third-order valence-corrected chi connectivity index (χ3v) is 7.78. The number of benzene rings is 1. The summed E-state index contributed by atoms with van der Waals surface area (Å²) in [4.78, 5) is -0.569. The molecule has 2 aliphatic rings. The van der Waals surface area contributed by atoms with Gasteiger partial charge in [0.05, 0.1) is 10.7 Å². The van der Waals surface area contributed by atoms with Crippen LogP contribution in [0.5, 0.6) is 0 Å². The molecule has 1 aliphatic carbocycles. The van der Waals surface area contributed by atoms with Crippen molar-refractivity contribution in [2.24, 2.45) is 11.1 Å². The zero-order valence-corrected chi connectivity index (χ0v) is 15.6. The number of anilines is 1. The van der Waals surface area contributed by atoms with Crippen molar-refractivity contribution in [3.05, 3.63) is 17.2 Å². The Morgan fingerprint density at radius 1 is 1.25 bits per heavy atom. The molecule has 1 aliphatic heterocycles. The van der Waals surface area contributed by atoms with Crippen molar-refractivity contribution in [3.63, 3.8) is 0 Å². The quantitative estimate of drug-likeness (QED) is 0.709. The van der Waals surface area contributed by atoms with E-state index in [2.05, 4.69) is 10.0 Å². The number of hydrogen-bond acceptors (Lipinski definition) is 5. The summed E-state index contributed by atoms with van der Waals surface area (Å²) in [6, 6.07) is 2.32. The van der Waals surface area contributed by atoms with E-state index in [1.807, 2.05) is 6.92 Å². The number of sulfonamides is 2. The SMILES string of the molecule is CC1(C2CCCCC2)Nc2cc(Cl)c(S(N)(=O)=O)cc2S(=O)(=O)N1. The van der Waals surface area contributed by atoms with Crippen molar-refractivity contribution >= 4 is 37.3 Å². The third kappa shape index (κ3) is 3.15. The van der Waals surface area contributed by atoms with Gasteiger partial charge in [-0.15, -0.1) is 0 Å². The highest BCUT2D eigenvalue weighted by Gasteiger charge is 2.43. The van der Waals surface area contributed by atoms with Crippen LogP contribution < -0.4 is 15.2 Å². The lowest BCUT2D eigenvalue weighted by molar-refractivity contribution is 0.227. The fourth-order valence-electron chi connectivity index (χ4n) is 3.58. The van der Waals surface area contributed by atoms with Crippen molar-refractivity contribution in [1.29, 1.82) is 0 Å². The molecule has 0 bridgehead atoms. The molecule has 134 valence electrons. The van der Waals surface area contributed by atoms with E-state index in [4.69, 9.17) is 16.7 Å². The first kappa shape index (κ1) is 17.9. The predicted molar refractivity (Wildman–Crippen MR) is 91.7 cm³/mol. The van der Waals surface area contributed by atoms with E-state index in [1.165, 1.54) is 6.07 Å². The van der Waals surface area contributed by atoms with Gasteiger partial charge in [-0.3, -0.25) is 0 Å². The Kier molecular flexibility index (Phi) is 4.37. The van der Waals surface area contributed by atoms with Crippen LogP contribution in [0.3, 0.4) is 0 Å². The normalized spacial score (nSPS) is 27.3. The minimum Gasteiger partial charge on any atom is -0.365 e. The van der Waals surface area contributed by atoms with Crippen LogP contribution >= 0.6 is 11.6 Å². The van der Waals surface area contributed by atoms with Gasteiger partial charge in [0.15, 0.2) is 0 Å². The van der Waals surface area contributed by atoms with Crippen LogP contribution in [0.2, 0.25) is 5.02 Å². The minimum atomic E-state index is -4.12. The molecule has 10 heteroatoms. The predicted octanol–water partition coefficient (Wildman–Crippen LogP) is 1.99. The third-order valence-electron chi connectivity index (χ3n) is 4.79. The fourth-order valence-corrected chi connectivity index (χ4v) is 6.31. The molecule has 1 aromatic rings. The second-order valence-corrected chi connectivity index (χ2v) is 10.2. The monoisotopic (exact) mass is 393 g/mol. The first-order valence-corrected chi connectivity index (χ1v) is 11.1. The van der Waals surface area contributed by atoms with Crippen LogP contribution in [0.25, 0.3) is 0 Å². The molecular formula is C14H20ClN3O4S2. The molecule has 1 unspecified atom stereocenters. The summed E-state index contributed by atoms with van der Waals surface area (Å²) in [6.07, 6.45) is 5.11. The zero-order chi connectivity index (χ0) is 17.8. The minimum absolute atomic E-state index is 0.105. The maximum absolute atomic E-state index is 12.7. The van der Waals surface area contributed by atoms with Crippen molar-refractivity contribution in [2.45, 2.75) is 54.5 Å². The summed E-state index contributed by atoms with van der Waals surface area (Å²) in [6.45, 7) is 1.81. The van der Waals surface area contributed by atoms with E-state index in [0.29, 0.717) is 5.69 Å². The van der Waals surface area contributed by atoms with Crippen molar-refractivity contribution < 1.29 is 16.8 Å². The lowest BCUT2D eigenvalue weighted by Gasteiger charge is -2.44. The molecule has 7 nitrogen and oxygen atoms in total. The van der Waals surface area contributed by atoms with Crippen LogP contribution in [0.4, 0.5) is 5.69 Å². The number of hydrogen-bond donors (Lipinski definition) is 3. The summed E-state index contributed by atoms with van der Waals surface area (Å²) in [5.74, 6) is 0.144. The summed E-state index contributed by atoms with van der Waals surface area (Å²) >= 11 is 6.00. The van der Waals surface area contributed by atoms with E-state index < -0.39 is 30.6 Å². The van der Waals surface area contributed by atoms with Gasteiger partial charge in [0.2, 0.25) is 20.0 Å². The smallest absolute Gasteiger partial charge is 0.244 e.